The van der Waals surface area contributed by atoms with E-state index in [4.69, 9.17) is 9.47 Å². The molecule has 0 saturated carbocycles. The minimum absolute atomic E-state index is 0.147. The minimum Gasteiger partial charge on any atom is -0.383 e. The van der Waals surface area contributed by atoms with E-state index in [1.807, 2.05) is 18.2 Å². The summed E-state index contributed by atoms with van der Waals surface area (Å²) in [4.78, 5) is 2.20. The number of nitrogens with zero attached hydrogens (tertiary/aromatic N) is 2. The van der Waals surface area contributed by atoms with E-state index in [-0.39, 0.29) is 17.3 Å². The van der Waals surface area contributed by atoms with Gasteiger partial charge in [0.15, 0.2) is 11.2 Å². The molecular weight excluding hydrogens is 407 g/mol. The molecule has 0 amide bonds. The number of morpholine rings is 1. The van der Waals surface area contributed by atoms with Crippen molar-refractivity contribution in [2.24, 2.45) is 0 Å². The van der Waals surface area contributed by atoms with Gasteiger partial charge in [-0.15, -0.1) is 0 Å². The highest BCUT2D eigenvalue weighted by Gasteiger charge is 2.90. The van der Waals surface area contributed by atoms with Crippen LogP contribution in [0.4, 0.5) is 24.5 Å². The third-order valence-corrected chi connectivity index (χ3v) is 7.41. The lowest BCUT2D eigenvalue weighted by Gasteiger charge is -2.54. The van der Waals surface area contributed by atoms with Crippen LogP contribution in [0, 0.1) is 0 Å². The molecule has 0 aromatic heterocycles. The van der Waals surface area contributed by atoms with Crippen molar-refractivity contribution in [2.45, 2.75) is 17.8 Å². The number of hydrogen-bond acceptors (Lipinski definition) is 4. The Kier molecular flexibility index (Phi) is 4.21. The van der Waals surface area contributed by atoms with Crippen LogP contribution < -0.4 is 9.80 Å². The molecule has 1 aromatic rings. The van der Waals surface area contributed by atoms with Gasteiger partial charge in [-0.25, -0.2) is 4.48 Å². The van der Waals surface area contributed by atoms with Crippen LogP contribution in [0.1, 0.15) is 5.56 Å². The maximum atomic E-state index is 14.0. The standard InChI is InChI=1S/C23H25F3N3O2/c24-23(25,26)18-13-16(5-6-19(18)27-7-8-28-9-11-30-12-10-28)29-20-4-2-1-3-17(21(20)29)22(29)14-31-15-22/h1-6,13,21,27H,7-12,14-15H2/q+1. The van der Waals surface area contributed by atoms with Crippen molar-refractivity contribution in [3.8, 4) is 0 Å². The molecule has 0 bridgehead atoms. The van der Waals surface area contributed by atoms with Gasteiger partial charge < -0.3 is 14.8 Å². The number of rotatable bonds is 5. The molecule has 164 valence electrons. The number of halogens is 3. The van der Waals surface area contributed by atoms with E-state index in [0.29, 0.717) is 49.7 Å². The fourth-order valence-electron chi connectivity index (χ4n) is 5.86. The van der Waals surface area contributed by atoms with E-state index in [0.717, 1.165) is 13.1 Å². The zero-order chi connectivity index (χ0) is 21.3. The Hall–Kier alpha value is -2.13. The minimum atomic E-state index is -4.42. The van der Waals surface area contributed by atoms with Gasteiger partial charge in [-0.2, -0.15) is 13.2 Å². The largest absolute Gasteiger partial charge is 0.418 e. The van der Waals surface area contributed by atoms with Crippen LogP contribution in [-0.2, 0) is 15.7 Å². The second kappa shape index (κ2) is 6.68. The number of allylic oxidation sites excluding steroid dienone is 4. The SMILES string of the molecule is FC(F)(F)c1cc([N+]23C4=CC=CC=C(C42)C32COC2)ccc1NCCN1CCOCC1. The fraction of sp³-hybridized carbons (Fsp3) is 0.478. The number of hydrogen-bond donors (Lipinski definition) is 1. The van der Waals surface area contributed by atoms with Crippen LogP contribution in [0.3, 0.4) is 0 Å². The number of ether oxygens (including phenoxy) is 2. The molecule has 2 atom stereocenters. The molecule has 4 heterocycles. The molecule has 4 saturated heterocycles. The van der Waals surface area contributed by atoms with Crippen molar-refractivity contribution in [2.75, 3.05) is 57.9 Å². The van der Waals surface area contributed by atoms with Crippen molar-refractivity contribution in [1.29, 1.82) is 0 Å². The third-order valence-electron chi connectivity index (χ3n) is 7.41. The Bertz CT molecular complexity index is 1010. The van der Waals surface area contributed by atoms with Gasteiger partial charge in [-0.05, 0) is 6.07 Å². The summed E-state index contributed by atoms with van der Waals surface area (Å²) in [6.07, 6.45) is 3.75. The van der Waals surface area contributed by atoms with Crippen molar-refractivity contribution in [3.05, 3.63) is 59.3 Å². The summed E-state index contributed by atoms with van der Waals surface area (Å²) in [7, 11) is 0. The number of nitrogens with one attached hydrogen (secondary N) is 1. The van der Waals surface area contributed by atoms with E-state index >= 15 is 0 Å². The molecular formula is C23H25F3N3O2+. The Morgan fingerprint density at radius 3 is 2.58 bits per heavy atom. The number of fused-ring (bicyclic) bond motifs is 3. The Balaban J connectivity index is 1.29. The van der Waals surface area contributed by atoms with Crippen LogP contribution in [0.2, 0.25) is 0 Å². The van der Waals surface area contributed by atoms with Gasteiger partial charge in [0.2, 0.25) is 6.04 Å². The van der Waals surface area contributed by atoms with Crippen LogP contribution in [0.15, 0.2) is 53.8 Å². The zero-order valence-corrected chi connectivity index (χ0v) is 17.1. The number of anilines is 1. The van der Waals surface area contributed by atoms with E-state index < -0.39 is 11.7 Å². The summed E-state index contributed by atoms with van der Waals surface area (Å²) in [5, 5.41) is 3.03. The van der Waals surface area contributed by atoms with E-state index in [2.05, 4.69) is 22.4 Å². The molecule has 1 spiro atoms. The lowest BCUT2D eigenvalue weighted by molar-refractivity contribution is -0.137. The van der Waals surface area contributed by atoms with Gasteiger partial charge in [0.05, 0.1) is 24.4 Å². The number of quaternary nitrogens is 1. The predicted octanol–water partition coefficient (Wildman–Crippen LogP) is 3.30. The molecule has 0 radical (unpaired) electrons. The molecule has 8 heteroatoms. The molecule has 5 nitrogen and oxygen atoms in total. The predicted molar refractivity (Wildman–Crippen MR) is 112 cm³/mol. The Labute approximate surface area is 179 Å². The van der Waals surface area contributed by atoms with Crippen molar-refractivity contribution >= 4 is 11.4 Å². The molecule has 4 fully saturated rings. The summed E-state index contributed by atoms with van der Waals surface area (Å²) in [6, 6.07) is 4.99. The van der Waals surface area contributed by atoms with E-state index in [9.17, 15) is 13.2 Å². The zero-order valence-electron chi connectivity index (χ0n) is 17.1. The van der Waals surface area contributed by atoms with E-state index in [1.54, 1.807) is 6.07 Å². The molecule has 4 aliphatic heterocycles. The number of alkyl halides is 3. The highest BCUT2D eigenvalue weighted by molar-refractivity contribution is 5.82. The van der Waals surface area contributed by atoms with Crippen LogP contribution >= 0.6 is 0 Å². The average Bonchev–Trinajstić information content (AvgIpc) is 3.33. The van der Waals surface area contributed by atoms with Crippen molar-refractivity contribution in [3.63, 3.8) is 0 Å². The first kappa shape index (κ1) is 19.5. The Morgan fingerprint density at radius 1 is 1.10 bits per heavy atom. The maximum absolute atomic E-state index is 14.0. The Morgan fingerprint density at radius 2 is 1.87 bits per heavy atom. The summed E-state index contributed by atoms with van der Waals surface area (Å²) in [5.41, 5.74) is 2.50. The molecule has 5 aliphatic rings. The second-order valence-electron chi connectivity index (χ2n) is 8.86. The van der Waals surface area contributed by atoms with Crippen LogP contribution in [-0.4, -0.2) is 69.1 Å². The molecule has 1 aliphatic carbocycles. The summed E-state index contributed by atoms with van der Waals surface area (Å²) < 4.78 is 53.4. The van der Waals surface area contributed by atoms with E-state index in [1.165, 1.54) is 17.3 Å². The number of benzene rings is 1. The van der Waals surface area contributed by atoms with Gasteiger partial charge in [-0.1, -0.05) is 18.2 Å². The van der Waals surface area contributed by atoms with Gasteiger partial charge in [-0.3, -0.25) is 4.90 Å². The summed E-state index contributed by atoms with van der Waals surface area (Å²) in [5.74, 6) is 0. The fourth-order valence-corrected chi connectivity index (χ4v) is 5.86. The topological polar surface area (TPSA) is 33.7 Å². The molecule has 1 aromatic carbocycles. The van der Waals surface area contributed by atoms with Gasteiger partial charge >= 0.3 is 6.18 Å². The first-order valence-electron chi connectivity index (χ1n) is 10.8. The first-order valence-corrected chi connectivity index (χ1v) is 10.8. The molecule has 2 unspecified atom stereocenters. The van der Waals surface area contributed by atoms with Gasteiger partial charge in [0, 0.05) is 50.1 Å². The van der Waals surface area contributed by atoms with Crippen molar-refractivity contribution < 1.29 is 22.6 Å². The average molecular weight is 432 g/mol. The second-order valence-corrected chi connectivity index (χ2v) is 8.86. The quantitative estimate of drug-likeness (QED) is 0.572. The first-order chi connectivity index (χ1) is 15.0. The molecule has 6 rings (SSSR count). The van der Waals surface area contributed by atoms with Crippen LogP contribution in [0.25, 0.3) is 0 Å². The normalized spacial score (nSPS) is 30.5. The molecule has 1 N–H and O–H groups in total. The smallest absolute Gasteiger partial charge is 0.383 e. The molecule has 31 heavy (non-hydrogen) atoms. The highest BCUT2D eigenvalue weighted by Crippen LogP contribution is 2.72. The van der Waals surface area contributed by atoms with Gasteiger partial charge in [0.25, 0.3) is 0 Å². The monoisotopic (exact) mass is 432 g/mol. The maximum Gasteiger partial charge on any atom is 0.418 e. The van der Waals surface area contributed by atoms with Gasteiger partial charge in [0.1, 0.15) is 18.9 Å². The van der Waals surface area contributed by atoms with Crippen molar-refractivity contribution in [1.82, 2.24) is 9.38 Å². The van der Waals surface area contributed by atoms with Crippen LogP contribution in [0.5, 0.6) is 0 Å². The summed E-state index contributed by atoms with van der Waals surface area (Å²) in [6.45, 7) is 5.26. The lowest BCUT2D eigenvalue weighted by atomic mass is 9.76. The third kappa shape index (κ3) is 2.59. The summed E-state index contributed by atoms with van der Waals surface area (Å²) >= 11 is 0. The highest BCUT2D eigenvalue weighted by atomic mass is 19.4. The lowest BCUT2D eigenvalue weighted by Crippen LogP contribution is -2.74.